The summed E-state index contributed by atoms with van der Waals surface area (Å²) in [6, 6.07) is -0.553. The minimum absolute atomic E-state index is 0.183. The average Bonchev–Trinajstić information content (AvgIpc) is 2.80. The standard InChI is InChI=1S/C11H18N2O4/c1-11(2)5-7(11)6-12-10(17)13-8(14)3-4-9(15)16/h7H,3-6H2,1-2H3,(H,15,16)(H2,12,13,14,17). The SMILES string of the molecule is CC1(C)CC1CNC(=O)NC(=O)CCC(=O)O. The minimum Gasteiger partial charge on any atom is -0.481 e. The van der Waals surface area contributed by atoms with E-state index >= 15 is 0 Å². The van der Waals surface area contributed by atoms with Crippen molar-refractivity contribution in [1.82, 2.24) is 10.6 Å². The van der Waals surface area contributed by atoms with Gasteiger partial charge in [0, 0.05) is 13.0 Å². The van der Waals surface area contributed by atoms with E-state index in [0.717, 1.165) is 6.42 Å². The Bertz CT molecular complexity index is 338. The van der Waals surface area contributed by atoms with E-state index in [0.29, 0.717) is 12.5 Å². The number of nitrogens with one attached hydrogen (secondary N) is 2. The van der Waals surface area contributed by atoms with Crippen molar-refractivity contribution in [3.8, 4) is 0 Å². The molecule has 0 aromatic rings. The summed E-state index contributed by atoms with van der Waals surface area (Å²) in [6.07, 6.45) is 0.618. The van der Waals surface area contributed by atoms with E-state index in [9.17, 15) is 14.4 Å². The van der Waals surface area contributed by atoms with Crippen molar-refractivity contribution in [2.45, 2.75) is 33.1 Å². The van der Waals surface area contributed by atoms with Crippen LogP contribution in [0.2, 0.25) is 0 Å². The summed E-state index contributed by atoms with van der Waals surface area (Å²) >= 11 is 0. The largest absolute Gasteiger partial charge is 0.481 e. The van der Waals surface area contributed by atoms with Crippen molar-refractivity contribution in [2.75, 3.05) is 6.54 Å². The molecular formula is C11H18N2O4. The van der Waals surface area contributed by atoms with Gasteiger partial charge < -0.3 is 10.4 Å². The van der Waals surface area contributed by atoms with Crippen molar-refractivity contribution in [1.29, 1.82) is 0 Å². The maximum atomic E-state index is 11.3. The highest BCUT2D eigenvalue weighted by Crippen LogP contribution is 2.50. The van der Waals surface area contributed by atoms with Gasteiger partial charge in [-0.05, 0) is 17.8 Å². The maximum absolute atomic E-state index is 11.3. The van der Waals surface area contributed by atoms with Crippen LogP contribution in [0, 0.1) is 11.3 Å². The summed E-state index contributed by atoms with van der Waals surface area (Å²) < 4.78 is 0. The molecule has 3 N–H and O–H groups in total. The molecule has 0 aliphatic heterocycles. The number of imide groups is 1. The molecule has 1 fully saturated rings. The summed E-state index contributed by atoms with van der Waals surface area (Å²) in [5.74, 6) is -1.16. The number of amides is 3. The topological polar surface area (TPSA) is 95.5 Å². The Labute approximate surface area is 99.8 Å². The van der Waals surface area contributed by atoms with Crippen LogP contribution in [-0.4, -0.2) is 29.6 Å². The average molecular weight is 242 g/mol. The van der Waals surface area contributed by atoms with E-state index in [-0.39, 0.29) is 18.3 Å². The third-order valence-corrected chi connectivity index (χ3v) is 3.05. The lowest BCUT2D eigenvalue weighted by Crippen LogP contribution is -2.40. The zero-order chi connectivity index (χ0) is 13.1. The molecule has 1 aliphatic carbocycles. The summed E-state index contributed by atoms with van der Waals surface area (Å²) in [7, 11) is 0. The van der Waals surface area contributed by atoms with E-state index in [1.165, 1.54) is 0 Å². The van der Waals surface area contributed by atoms with Gasteiger partial charge in [0.2, 0.25) is 5.91 Å². The van der Waals surface area contributed by atoms with Crippen molar-refractivity contribution in [3.63, 3.8) is 0 Å². The first-order valence-electron chi connectivity index (χ1n) is 5.61. The van der Waals surface area contributed by atoms with Crippen molar-refractivity contribution < 1.29 is 19.5 Å². The van der Waals surface area contributed by atoms with Gasteiger partial charge in [0.05, 0.1) is 6.42 Å². The van der Waals surface area contributed by atoms with E-state index in [1.807, 2.05) is 0 Å². The predicted octanol–water partition coefficient (Wildman–Crippen LogP) is 0.723. The van der Waals surface area contributed by atoms with Crippen molar-refractivity contribution in [2.24, 2.45) is 11.3 Å². The lowest BCUT2D eigenvalue weighted by atomic mass is 10.1. The molecule has 3 amide bonds. The first-order valence-corrected chi connectivity index (χ1v) is 5.61. The van der Waals surface area contributed by atoms with Crippen LogP contribution in [0.5, 0.6) is 0 Å². The van der Waals surface area contributed by atoms with Crippen LogP contribution >= 0.6 is 0 Å². The molecule has 1 unspecified atom stereocenters. The van der Waals surface area contributed by atoms with E-state index in [1.54, 1.807) is 0 Å². The smallest absolute Gasteiger partial charge is 0.321 e. The van der Waals surface area contributed by atoms with Gasteiger partial charge in [-0.2, -0.15) is 0 Å². The number of urea groups is 1. The third kappa shape index (κ3) is 4.84. The molecule has 0 spiro atoms. The molecule has 96 valence electrons. The Kier molecular flexibility index (Phi) is 4.09. The minimum atomic E-state index is -1.06. The molecule has 0 aromatic heterocycles. The molecule has 0 aromatic carbocycles. The third-order valence-electron chi connectivity index (χ3n) is 3.05. The number of carbonyl (C=O) groups excluding carboxylic acids is 2. The van der Waals surface area contributed by atoms with E-state index in [4.69, 9.17) is 5.11 Å². The number of rotatable bonds is 5. The van der Waals surface area contributed by atoms with Crippen molar-refractivity contribution >= 4 is 17.9 Å². The Morgan fingerprint density at radius 2 is 1.88 bits per heavy atom. The van der Waals surface area contributed by atoms with Gasteiger partial charge in [0.25, 0.3) is 0 Å². The molecule has 1 aliphatic rings. The lowest BCUT2D eigenvalue weighted by Gasteiger charge is -2.07. The second kappa shape index (κ2) is 5.16. The molecular weight excluding hydrogens is 224 g/mol. The second-order valence-corrected chi connectivity index (χ2v) is 5.04. The number of carbonyl (C=O) groups is 3. The zero-order valence-electron chi connectivity index (χ0n) is 10.1. The van der Waals surface area contributed by atoms with Gasteiger partial charge in [-0.15, -0.1) is 0 Å². The molecule has 1 rings (SSSR count). The first-order chi connectivity index (χ1) is 7.81. The van der Waals surface area contributed by atoms with Crippen LogP contribution in [-0.2, 0) is 9.59 Å². The Hall–Kier alpha value is -1.59. The van der Waals surface area contributed by atoms with Crippen LogP contribution in [0.25, 0.3) is 0 Å². The Morgan fingerprint density at radius 3 is 2.35 bits per heavy atom. The molecule has 1 saturated carbocycles. The summed E-state index contributed by atoms with van der Waals surface area (Å²) in [5.41, 5.74) is 0.278. The summed E-state index contributed by atoms with van der Waals surface area (Å²) in [6.45, 7) is 4.79. The lowest BCUT2D eigenvalue weighted by molar-refractivity contribution is -0.138. The van der Waals surface area contributed by atoms with Gasteiger partial charge >= 0.3 is 12.0 Å². The first kappa shape index (κ1) is 13.5. The number of carboxylic acids is 1. The Morgan fingerprint density at radius 1 is 1.29 bits per heavy atom. The van der Waals surface area contributed by atoms with Gasteiger partial charge in [0.1, 0.15) is 0 Å². The van der Waals surface area contributed by atoms with Crippen LogP contribution in [0.15, 0.2) is 0 Å². The van der Waals surface area contributed by atoms with Crippen molar-refractivity contribution in [3.05, 3.63) is 0 Å². The van der Waals surface area contributed by atoms with Crippen LogP contribution in [0.1, 0.15) is 33.1 Å². The summed E-state index contributed by atoms with van der Waals surface area (Å²) in [4.78, 5) is 32.6. The van der Waals surface area contributed by atoms with Gasteiger partial charge in [-0.1, -0.05) is 13.8 Å². The molecule has 0 radical (unpaired) electrons. The fourth-order valence-electron chi connectivity index (χ4n) is 1.59. The Balaban J connectivity index is 2.12. The molecule has 6 heteroatoms. The number of hydrogen-bond donors (Lipinski definition) is 3. The second-order valence-electron chi connectivity index (χ2n) is 5.04. The maximum Gasteiger partial charge on any atom is 0.321 e. The van der Waals surface area contributed by atoms with Crippen LogP contribution in [0.4, 0.5) is 4.79 Å². The fraction of sp³-hybridized carbons (Fsp3) is 0.727. The molecule has 6 nitrogen and oxygen atoms in total. The van der Waals surface area contributed by atoms with Gasteiger partial charge in [-0.3, -0.25) is 14.9 Å². The quantitative estimate of drug-likeness (QED) is 0.662. The highest BCUT2D eigenvalue weighted by atomic mass is 16.4. The highest BCUT2D eigenvalue weighted by molar-refractivity contribution is 5.95. The predicted molar refractivity (Wildman–Crippen MR) is 60.3 cm³/mol. The molecule has 0 heterocycles. The number of hydrogen-bond acceptors (Lipinski definition) is 3. The monoisotopic (exact) mass is 242 g/mol. The number of carboxylic acid groups (broad SMARTS) is 1. The normalized spacial score (nSPS) is 20.5. The summed E-state index contributed by atoms with van der Waals surface area (Å²) in [5, 5.41) is 13.1. The van der Waals surface area contributed by atoms with E-state index in [2.05, 4.69) is 24.5 Å². The molecule has 1 atom stereocenters. The van der Waals surface area contributed by atoms with Gasteiger partial charge in [0.15, 0.2) is 0 Å². The molecule has 0 saturated heterocycles. The fourth-order valence-corrected chi connectivity index (χ4v) is 1.59. The highest BCUT2D eigenvalue weighted by Gasteiger charge is 2.45. The molecule has 0 bridgehead atoms. The van der Waals surface area contributed by atoms with Crippen LogP contribution in [0.3, 0.4) is 0 Å². The number of aliphatic carboxylic acids is 1. The van der Waals surface area contributed by atoms with Crippen LogP contribution < -0.4 is 10.6 Å². The van der Waals surface area contributed by atoms with Gasteiger partial charge in [-0.25, -0.2) is 4.79 Å². The zero-order valence-corrected chi connectivity index (χ0v) is 10.1. The van der Waals surface area contributed by atoms with E-state index < -0.39 is 17.9 Å². The molecule has 17 heavy (non-hydrogen) atoms.